The molecule has 0 aliphatic carbocycles. The van der Waals surface area contributed by atoms with E-state index in [9.17, 15) is 8.78 Å². The third-order valence-corrected chi connectivity index (χ3v) is 4.13. The minimum Gasteiger partial charge on any atom is -0.399 e. The lowest BCUT2D eigenvalue weighted by atomic mass is 10.1. The molecule has 4 rings (SSSR count). The normalized spacial score (nSPS) is 10.9. The highest BCUT2D eigenvalue weighted by atomic mass is 19.1. The van der Waals surface area contributed by atoms with Crippen molar-refractivity contribution >= 4 is 22.7 Å². The number of hydrogen-bond acceptors (Lipinski definition) is 7. The van der Waals surface area contributed by atoms with Crippen molar-refractivity contribution in [2.24, 2.45) is 0 Å². The zero-order valence-electron chi connectivity index (χ0n) is 14.3. The molecule has 8 nitrogen and oxygen atoms in total. The van der Waals surface area contributed by atoms with E-state index in [0.717, 1.165) is 12.1 Å². The molecule has 0 radical (unpaired) electrons. The molecule has 0 saturated carbocycles. The van der Waals surface area contributed by atoms with Gasteiger partial charge < -0.3 is 11.5 Å². The van der Waals surface area contributed by atoms with E-state index in [-0.39, 0.29) is 23.7 Å². The number of nitrogens with zero attached hydrogens (tertiary/aromatic N) is 6. The van der Waals surface area contributed by atoms with Crippen molar-refractivity contribution in [3.8, 4) is 17.3 Å². The Balaban J connectivity index is 1.85. The number of rotatable bonds is 3. The minimum atomic E-state index is -0.783. The van der Waals surface area contributed by atoms with Gasteiger partial charge in [0.25, 0.3) is 0 Å². The standard InChI is InChI=1S/C18H12F2N8/c19-14-2-11(22)3-15(20)13(14)8-28-17-12(7-25-28)16(26-18(23)27-17)10-1-9(4-21)5-24-6-10/h1-3,5-7H,8,22H2,(H2,23,26,27). The van der Waals surface area contributed by atoms with Gasteiger partial charge in [0.15, 0.2) is 5.65 Å². The molecule has 0 fully saturated rings. The van der Waals surface area contributed by atoms with E-state index in [4.69, 9.17) is 16.7 Å². The van der Waals surface area contributed by atoms with E-state index >= 15 is 0 Å². The highest BCUT2D eigenvalue weighted by Crippen LogP contribution is 2.27. The number of hydrogen-bond donors (Lipinski definition) is 2. The average Bonchev–Trinajstić information content (AvgIpc) is 3.06. The van der Waals surface area contributed by atoms with Crippen LogP contribution in [0.3, 0.4) is 0 Å². The highest BCUT2D eigenvalue weighted by Gasteiger charge is 2.17. The summed E-state index contributed by atoms with van der Waals surface area (Å²) in [6.07, 6.45) is 4.41. The summed E-state index contributed by atoms with van der Waals surface area (Å²) in [5.74, 6) is -1.62. The molecule has 3 aromatic heterocycles. The van der Waals surface area contributed by atoms with Crippen molar-refractivity contribution in [1.82, 2.24) is 24.7 Å². The van der Waals surface area contributed by atoms with Crippen LogP contribution in [0.15, 0.2) is 36.8 Å². The first-order valence-electron chi connectivity index (χ1n) is 8.04. The van der Waals surface area contributed by atoms with Gasteiger partial charge in [-0.25, -0.2) is 18.4 Å². The predicted octanol–water partition coefficient (Wildman–Crippen LogP) is 2.25. The second kappa shape index (κ2) is 6.55. The van der Waals surface area contributed by atoms with Crippen LogP contribution in [-0.2, 0) is 6.54 Å². The molecule has 0 saturated heterocycles. The third-order valence-electron chi connectivity index (χ3n) is 4.13. The molecule has 0 bridgehead atoms. The van der Waals surface area contributed by atoms with E-state index in [2.05, 4.69) is 20.1 Å². The fourth-order valence-electron chi connectivity index (χ4n) is 2.86. The Labute approximate surface area is 157 Å². The first-order chi connectivity index (χ1) is 13.5. The Hall–Kier alpha value is -4.13. The second-order valence-corrected chi connectivity index (χ2v) is 6.01. The van der Waals surface area contributed by atoms with Gasteiger partial charge in [-0.2, -0.15) is 15.3 Å². The van der Waals surface area contributed by atoms with Gasteiger partial charge in [0.1, 0.15) is 17.7 Å². The molecule has 0 unspecified atom stereocenters. The molecule has 1 aromatic carbocycles. The van der Waals surface area contributed by atoms with Gasteiger partial charge in [-0.15, -0.1) is 0 Å². The SMILES string of the molecule is N#Cc1cncc(-c2nc(N)nc3c2cnn3Cc2c(F)cc(N)cc2F)c1. The first kappa shape index (κ1) is 17.3. The Kier molecular flexibility index (Phi) is 4.04. The maximum absolute atomic E-state index is 14.2. The fourth-order valence-corrected chi connectivity index (χ4v) is 2.86. The van der Waals surface area contributed by atoms with Crippen LogP contribution < -0.4 is 11.5 Å². The van der Waals surface area contributed by atoms with Gasteiger partial charge in [0.05, 0.1) is 29.4 Å². The molecule has 0 atom stereocenters. The zero-order valence-corrected chi connectivity index (χ0v) is 14.3. The Morgan fingerprint density at radius 3 is 2.50 bits per heavy atom. The number of nitriles is 1. The van der Waals surface area contributed by atoms with E-state index in [0.29, 0.717) is 27.9 Å². The molecule has 28 heavy (non-hydrogen) atoms. The number of aromatic nitrogens is 5. The van der Waals surface area contributed by atoms with E-state index in [1.54, 1.807) is 6.07 Å². The van der Waals surface area contributed by atoms with Crippen LogP contribution >= 0.6 is 0 Å². The molecular formula is C18H12F2N8. The van der Waals surface area contributed by atoms with Crippen molar-refractivity contribution in [1.29, 1.82) is 5.26 Å². The molecule has 0 amide bonds. The van der Waals surface area contributed by atoms with Crippen molar-refractivity contribution in [3.63, 3.8) is 0 Å². The average molecular weight is 378 g/mol. The summed E-state index contributed by atoms with van der Waals surface area (Å²) in [4.78, 5) is 12.4. The Morgan fingerprint density at radius 2 is 1.79 bits per heavy atom. The third kappa shape index (κ3) is 2.95. The number of nitrogen functional groups attached to an aromatic ring is 2. The molecular weight excluding hydrogens is 366 g/mol. The number of pyridine rings is 1. The van der Waals surface area contributed by atoms with Gasteiger partial charge in [0.2, 0.25) is 5.95 Å². The smallest absolute Gasteiger partial charge is 0.222 e. The number of halogens is 2. The lowest BCUT2D eigenvalue weighted by molar-refractivity contribution is 0.537. The molecule has 3 heterocycles. The van der Waals surface area contributed by atoms with Gasteiger partial charge >= 0.3 is 0 Å². The van der Waals surface area contributed by atoms with Crippen LogP contribution in [-0.4, -0.2) is 24.7 Å². The summed E-state index contributed by atoms with van der Waals surface area (Å²) in [7, 11) is 0. The molecule has 0 aliphatic rings. The predicted molar refractivity (Wildman–Crippen MR) is 97.6 cm³/mol. The Bertz CT molecular complexity index is 1240. The van der Waals surface area contributed by atoms with Gasteiger partial charge in [-0.05, 0) is 18.2 Å². The summed E-state index contributed by atoms with van der Waals surface area (Å²) in [6.45, 7) is -0.214. The monoisotopic (exact) mass is 378 g/mol. The van der Waals surface area contributed by atoms with E-state index in [1.165, 1.54) is 23.3 Å². The molecule has 138 valence electrons. The topological polar surface area (TPSA) is 132 Å². The first-order valence-corrected chi connectivity index (χ1v) is 8.04. The summed E-state index contributed by atoms with van der Waals surface area (Å²) < 4.78 is 29.6. The number of nitrogens with two attached hydrogens (primary N) is 2. The molecule has 4 N–H and O–H groups in total. The maximum Gasteiger partial charge on any atom is 0.222 e. The maximum atomic E-state index is 14.2. The van der Waals surface area contributed by atoms with Crippen molar-refractivity contribution in [3.05, 3.63) is 59.6 Å². The van der Waals surface area contributed by atoms with Crippen molar-refractivity contribution in [2.45, 2.75) is 6.54 Å². The number of benzene rings is 1. The molecule has 0 spiro atoms. The summed E-state index contributed by atoms with van der Waals surface area (Å²) in [6, 6.07) is 5.68. The van der Waals surface area contributed by atoms with E-state index in [1.807, 2.05) is 6.07 Å². The number of fused-ring (bicyclic) bond motifs is 1. The van der Waals surface area contributed by atoms with Gasteiger partial charge in [-0.3, -0.25) is 4.98 Å². The van der Waals surface area contributed by atoms with E-state index < -0.39 is 11.6 Å². The number of anilines is 2. The summed E-state index contributed by atoms with van der Waals surface area (Å²) in [5, 5.41) is 13.7. The van der Waals surface area contributed by atoms with Crippen LogP contribution in [0.5, 0.6) is 0 Å². The second-order valence-electron chi connectivity index (χ2n) is 6.01. The van der Waals surface area contributed by atoms with Crippen molar-refractivity contribution < 1.29 is 8.78 Å². The summed E-state index contributed by atoms with van der Waals surface area (Å²) >= 11 is 0. The largest absolute Gasteiger partial charge is 0.399 e. The quantitative estimate of drug-likeness (QED) is 0.522. The van der Waals surface area contributed by atoms with Crippen LogP contribution in [0, 0.1) is 23.0 Å². The Morgan fingerprint density at radius 1 is 1.04 bits per heavy atom. The zero-order chi connectivity index (χ0) is 19.8. The van der Waals surface area contributed by atoms with Crippen LogP contribution in [0.4, 0.5) is 20.4 Å². The lowest BCUT2D eigenvalue weighted by Crippen LogP contribution is -2.09. The molecule has 4 aromatic rings. The van der Waals surface area contributed by atoms with Crippen LogP contribution in [0.1, 0.15) is 11.1 Å². The van der Waals surface area contributed by atoms with Crippen LogP contribution in [0.2, 0.25) is 0 Å². The minimum absolute atomic E-state index is 0.0113. The highest BCUT2D eigenvalue weighted by molar-refractivity contribution is 5.91. The molecule has 0 aliphatic heterocycles. The van der Waals surface area contributed by atoms with Crippen molar-refractivity contribution in [2.75, 3.05) is 11.5 Å². The fraction of sp³-hybridized carbons (Fsp3) is 0.0556. The lowest BCUT2D eigenvalue weighted by Gasteiger charge is -2.08. The molecule has 10 heteroatoms. The van der Waals surface area contributed by atoms with Crippen LogP contribution in [0.25, 0.3) is 22.3 Å². The summed E-state index contributed by atoms with van der Waals surface area (Å²) in [5.41, 5.74) is 12.7. The van der Waals surface area contributed by atoms with Gasteiger partial charge in [-0.1, -0.05) is 0 Å². The van der Waals surface area contributed by atoms with Gasteiger partial charge in [0, 0.05) is 29.2 Å².